The highest BCUT2D eigenvalue weighted by atomic mass is 16.3. The Morgan fingerprint density at radius 1 is 0.455 bits per heavy atom. The van der Waals surface area contributed by atoms with E-state index in [0.717, 1.165) is 32.9 Å². The minimum atomic E-state index is -0.436. The Morgan fingerprint density at radius 2 is 1.14 bits per heavy atom. The van der Waals surface area contributed by atoms with Crippen molar-refractivity contribution in [2.75, 3.05) is 0 Å². The molecule has 0 unspecified atom stereocenters. The normalized spacial score (nSPS) is 13.2. The zero-order chi connectivity index (χ0) is 33.4. The molecule has 206 valence electrons. The van der Waals surface area contributed by atoms with Crippen LogP contribution in [-0.2, 0) is 0 Å². The number of hydrogen-bond acceptors (Lipinski definition) is 5. The fourth-order valence-corrected chi connectivity index (χ4v) is 5.82. The van der Waals surface area contributed by atoms with E-state index in [4.69, 9.17) is 30.6 Å². The molecule has 0 aliphatic heterocycles. The Labute approximate surface area is 259 Å². The molecule has 0 amide bonds. The van der Waals surface area contributed by atoms with E-state index in [1.54, 1.807) is 18.2 Å². The van der Waals surface area contributed by atoms with Crippen molar-refractivity contribution in [2.24, 2.45) is 0 Å². The van der Waals surface area contributed by atoms with E-state index in [1.165, 1.54) is 0 Å². The quantitative estimate of drug-likeness (QED) is 0.211. The third kappa shape index (κ3) is 3.91. The summed E-state index contributed by atoms with van der Waals surface area (Å²) in [6.45, 7) is 0. The number of rotatable bonds is 4. The van der Waals surface area contributed by atoms with Gasteiger partial charge in [-0.15, -0.1) is 0 Å². The topological polar surface area (TPSA) is 65.0 Å². The standard InChI is InChI=1S/C39H23N3O2/c1-3-11-24(12-4-1)26-21-22-33-31(23-26)35-29(17-10-20-34(35)43-33)38-40-37(25-13-5-2-6-14-25)41-39(42-38)30-18-9-16-28-27-15-7-8-19-32(27)44-36(28)30/h1-23H/i1D,3D,4D,11D,12D. The van der Waals surface area contributed by atoms with Gasteiger partial charge < -0.3 is 8.83 Å². The third-order valence-electron chi connectivity index (χ3n) is 7.84. The summed E-state index contributed by atoms with van der Waals surface area (Å²) in [5, 5.41) is 3.38. The minimum Gasteiger partial charge on any atom is -0.456 e. The summed E-state index contributed by atoms with van der Waals surface area (Å²) in [6, 6.07) is 32.7. The van der Waals surface area contributed by atoms with Gasteiger partial charge in [0.2, 0.25) is 0 Å². The Kier molecular flexibility index (Phi) is 4.42. The lowest BCUT2D eigenvalue weighted by Gasteiger charge is -2.09. The first kappa shape index (κ1) is 19.9. The first-order valence-corrected chi connectivity index (χ1v) is 14.1. The minimum absolute atomic E-state index is 0.118. The Hall–Kier alpha value is -6.07. The van der Waals surface area contributed by atoms with Gasteiger partial charge in [-0.3, -0.25) is 0 Å². The van der Waals surface area contributed by atoms with Crippen molar-refractivity contribution in [3.05, 3.63) is 139 Å². The van der Waals surface area contributed by atoms with Crippen LogP contribution in [0.3, 0.4) is 0 Å². The molecule has 0 N–H and O–H groups in total. The van der Waals surface area contributed by atoms with Gasteiger partial charge in [-0.25, -0.2) is 15.0 Å². The average molecular weight is 571 g/mol. The van der Waals surface area contributed by atoms with E-state index in [2.05, 4.69) is 0 Å². The molecular formula is C39H23N3O2. The lowest BCUT2D eigenvalue weighted by Crippen LogP contribution is -2.00. The molecular weight excluding hydrogens is 542 g/mol. The van der Waals surface area contributed by atoms with Crippen molar-refractivity contribution in [2.45, 2.75) is 0 Å². The number of hydrogen-bond donors (Lipinski definition) is 0. The molecule has 9 rings (SSSR count). The second-order valence-corrected chi connectivity index (χ2v) is 10.4. The second kappa shape index (κ2) is 9.75. The van der Waals surface area contributed by atoms with Crippen LogP contribution < -0.4 is 0 Å². The average Bonchev–Trinajstić information content (AvgIpc) is 3.72. The maximum absolute atomic E-state index is 8.56. The van der Waals surface area contributed by atoms with Crippen LogP contribution in [-0.4, -0.2) is 15.0 Å². The maximum atomic E-state index is 8.56. The number of benzene rings is 6. The summed E-state index contributed by atoms with van der Waals surface area (Å²) in [6.07, 6.45) is 0. The summed E-state index contributed by atoms with van der Waals surface area (Å²) in [7, 11) is 0. The molecule has 5 heteroatoms. The zero-order valence-electron chi connectivity index (χ0n) is 28.1. The molecule has 3 aromatic heterocycles. The molecule has 5 nitrogen and oxygen atoms in total. The summed E-state index contributed by atoms with van der Waals surface area (Å²) >= 11 is 0. The largest absolute Gasteiger partial charge is 0.456 e. The molecule has 0 bridgehead atoms. The van der Waals surface area contributed by atoms with Gasteiger partial charge in [-0.1, -0.05) is 109 Å². The van der Waals surface area contributed by atoms with Crippen LogP contribution in [0.5, 0.6) is 0 Å². The maximum Gasteiger partial charge on any atom is 0.167 e. The van der Waals surface area contributed by atoms with E-state index in [0.29, 0.717) is 50.7 Å². The molecule has 0 spiro atoms. The molecule has 0 atom stereocenters. The number of fused-ring (bicyclic) bond motifs is 6. The first-order valence-electron chi connectivity index (χ1n) is 16.6. The van der Waals surface area contributed by atoms with Crippen LogP contribution in [0.15, 0.2) is 148 Å². The molecule has 6 aromatic carbocycles. The van der Waals surface area contributed by atoms with Crippen molar-refractivity contribution in [3.8, 4) is 45.3 Å². The Morgan fingerprint density at radius 3 is 2.02 bits per heavy atom. The van der Waals surface area contributed by atoms with Gasteiger partial charge >= 0.3 is 0 Å². The van der Waals surface area contributed by atoms with Crippen LogP contribution in [0.4, 0.5) is 0 Å². The van der Waals surface area contributed by atoms with Gasteiger partial charge in [0, 0.05) is 32.7 Å². The van der Waals surface area contributed by atoms with Crippen LogP contribution in [0.1, 0.15) is 6.85 Å². The first-order chi connectivity index (χ1) is 23.9. The van der Waals surface area contributed by atoms with Crippen LogP contribution in [0.25, 0.3) is 89.2 Å². The number of furan rings is 2. The van der Waals surface area contributed by atoms with Gasteiger partial charge in [-0.05, 0) is 41.5 Å². The summed E-state index contributed by atoms with van der Waals surface area (Å²) in [5.74, 6) is 1.34. The van der Waals surface area contributed by atoms with Crippen molar-refractivity contribution in [1.29, 1.82) is 0 Å². The SMILES string of the molecule is [2H]c1c([2H])c([2H])c(-c2ccc3oc4cccc(-c5nc(-c6ccccc6)nc(-c6cccc7c6oc6ccccc67)n5)c4c3c2)c([2H])c1[2H]. The molecule has 0 saturated carbocycles. The molecule has 44 heavy (non-hydrogen) atoms. The summed E-state index contributed by atoms with van der Waals surface area (Å²) in [5.41, 5.74) is 5.43. The number of nitrogens with zero attached hydrogens (tertiary/aromatic N) is 3. The highest BCUT2D eigenvalue weighted by Gasteiger charge is 2.20. The number of para-hydroxylation sites is 2. The van der Waals surface area contributed by atoms with E-state index in [9.17, 15) is 0 Å². The highest BCUT2D eigenvalue weighted by molar-refractivity contribution is 6.13. The Balaban J connectivity index is 1.31. The summed E-state index contributed by atoms with van der Waals surface area (Å²) < 4.78 is 54.2. The molecule has 9 aromatic rings. The fraction of sp³-hybridized carbons (Fsp3) is 0. The van der Waals surface area contributed by atoms with Crippen molar-refractivity contribution >= 4 is 43.9 Å². The van der Waals surface area contributed by atoms with Crippen molar-refractivity contribution in [1.82, 2.24) is 15.0 Å². The predicted octanol–water partition coefficient (Wildman–Crippen LogP) is 10.3. The van der Waals surface area contributed by atoms with Gasteiger partial charge in [0.05, 0.1) is 12.4 Å². The molecule has 0 fully saturated rings. The Bertz CT molecular complexity index is 2760. The smallest absolute Gasteiger partial charge is 0.167 e. The second-order valence-electron chi connectivity index (χ2n) is 10.4. The summed E-state index contributed by atoms with van der Waals surface area (Å²) in [4.78, 5) is 15.0. The lowest BCUT2D eigenvalue weighted by molar-refractivity contribution is 0.668. The van der Waals surface area contributed by atoms with Crippen LogP contribution >= 0.6 is 0 Å². The van der Waals surface area contributed by atoms with Gasteiger partial charge in [-0.2, -0.15) is 0 Å². The van der Waals surface area contributed by atoms with Crippen LogP contribution in [0.2, 0.25) is 0 Å². The molecule has 0 saturated heterocycles. The monoisotopic (exact) mass is 570 g/mol. The number of aromatic nitrogens is 3. The molecule has 0 radical (unpaired) electrons. The van der Waals surface area contributed by atoms with E-state index in [-0.39, 0.29) is 29.7 Å². The lowest BCUT2D eigenvalue weighted by atomic mass is 10.0. The van der Waals surface area contributed by atoms with E-state index >= 15 is 0 Å². The van der Waals surface area contributed by atoms with Crippen LogP contribution in [0, 0.1) is 0 Å². The zero-order valence-corrected chi connectivity index (χ0v) is 23.1. The van der Waals surface area contributed by atoms with Crippen molar-refractivity contribution < 1.29 is 15.7 Å². The molecule has 0 aliphatic carbocycles. The van der Waals surface area contributed by atoms with Gasteiger partial charge in [0.15, 0.2) is 17.5 Å². The van der Waals surface area contributed by atoms with Crippen molar-refractivity contribution in [3.63, 3.8) is 0 Å². The van der Waals surface area contributed by atoms with Gasteiger partial charge in [0.1, 0.15) is 22.3 Å². The third-order valence-corrected chi connectivity index (χ3v) is 7.84. The predicted molar refractivity (Wildman–Crippen MR) is 176 cm³/mol. The molecule has 0 aliphatic rings. The van der Waals surface area contributed by atoms with Gasteiger partial charge in [0.25, 0.3) is 0 Å². The van der Waals surface area contributed by atoms with E-state index < -0.39 is 6.04 Å². The fourth-order valence-electron chi connectivity index (χ4n) is 5.82. The highest BCUT2D eigenvalue weighted by Crippen LogP contribution is 2.39. The van der Waals surface area contributed by atoms with E-state index in [1.807, 2.05) is 91.0 Å². The molecule has 3 heterocycles.